The van der Waals surface area contributed by atoms with E-state index in [1.165, 1.54) is 22.6 Å². The third kappa shape index (κ3) is 0.936. The maximum atomic E-state index is 12.3. The molecule has 0 aromatic carbocycles. The highest BCUT2D eigenvalue weighted by molar-refractivity contribution is 14.1. The number of hydrogen-bond acceptors (Lipinski definition) is 1. The van der Waals surface area contributed by atoms with Crippen LogP contribution in [0.1, 0.15) is 6.42 Å². The number of carboxylic acids is 1. The Labute approximate surface area is 59.2 Å². The van der Waals surface area contributed by atoms with Crippen LogP contribution in [-0.4, -0.2) is 14.8 Å². The molecule has 1 aliphatic rings. The van der Waals surface area contributed by atoms with Crippen LogP contribution in [0.25, 0.3) is 0 Å². The van der Waals surface area contributed by atoms with E-state index < -0.39 is 15.6 Å². The summed E-state index contributed by atoms with van der Waals surface area (Å²) in [7, 11) is 0. The lowest BCUT2D eigenvalue weighted by molar-refractivity contribution is -0.139. The zero-order chi connectivity index (χ0) is 6.36. The fraction of sp³-hybridized carbons (Fsp3) is 0.750. The lowest BCUT2D eigenvalue weighted by atomic mass is 10.4. The van der Waals surface area contributed by atoms with Crippen molar-refractivity contribution in [2.24, 2.45) is 5.92 Å². The molecule has 8 heavy (non-hydrogen) atoms. The molecule has 2 atom stereocenters. The molecule has 0 radical (unpaired) electrons. The maximum absolute atomic E-state index is 12.3. The molecule has 1 fully saturated rings. The Hall–Kier alpha value is 0.130. The van der Waals surface area contributed by atoms with E-state index in [0.717, 1.165) is 0 Å². The van der Waals surface area contributed by atoms with Crippen LogP contribution < -0.4 is 0 Å². The quantitative estimate of drug-likeness (QED) is 0.542. The molecule has 46 valence electrons. The second-order valence-electron chi connectivity index (χ2n) is 1.86. The third-order valence-corrected chi connectivity index (χ3v) is 2.32. The van der Waals surface area contributed by atoms with Gasteiger partial charge in [0, 0.05) is 6.42 Å². The summed E-state index contributed by atoms with van der Waals surface area (Å²) >= 11 is 1.52. The molecule has 0 bridgehead atoms. The van der Waals surface area contributed by atoms with Gasteiger partial charge in [-0.1, -0.05) is 0 Å². The van der Waals surface area contributed by atoms with Crippen LogP contribution in [0.4, 0.5) is 4.39 Å². The lowest BCUT2D eigenvalue weighted by Gasteiger charge is -1.88. The monoisotopic (exact) mass is 230 g/mol. The molecule has 1 N–H and O–H groups in total. The topological polar surface area (TPSA) is 37.3 Å². The second kappa shape index (κ2) is 1.55. The van der Waals surface area contributed by atoms with Gasteiger partial charge in [0.05, 0.1) is 0 Å². The summed E-state index contributed by atoms with van der Waals surface area (Å²) in [4.78, 5) is 9.93. The lowest BCUT2D eigenvalue weighted by Crippen LogP contribution is -2.03. The van der Waals surface area contributed by atoms with Crippen molar-refractivity contribution >= 4 is 28.6 Å². The second-order valence-corrected chi connectivity index (χ2v) is 3.65. The number of carbonyl (C=O) groups is 1. The van der Waals surface area contributed by atoms with Crippen LogP contribution in [0, 0.1) is 5.92 Å². The van der Waals surface area contributed by atoms with E-state index in [0.29, 0.717) is 0 Å². The minimum Gasteiger partial charge on any atom is -0.481 e. The van der Waals surface area contributed by atoms with Crippen molar-refractivity contribution in [1.82, 2.24) is 0 Å². The van der Waals surface area contributed by atoms with Crippen LogP contribution in [-0.2, 0) is 4.79 Å². The Morgan fingerprint density at radius 3 is 2.38 bits per heavy atom. The van der Waals surface area contributed by atoms with Crippen LogP contribution in [0.5, 0.6) is 0 Å². The fourth-order valence-electron chi connectivity index (χ4n) is 0.481. The van der Waals surface area contributed by atoms with E-state index >= 15 is 0 Å². The average Bonchev–Trinajstić information content (AvgIpc) is 2.13. The molecule has 0 aromatic rings. The molecule has 4 heteroatoms. The minimum absolute atomic E-state index is 0.170. The molecule has 1 rings (SSSR count). The first-order valence-corrected chi connectivity index (χ1v) is 3.22. The Bertz CT molecular complexity index is 134. The minimum atomic E-state index is -1.44. The summed E-state index contributed by atoms with van der Waals surface area (Å²) in [6.07, 6.45) is 0.170. The molecule has 1 aliphatic carbocycles. The van der Waals surface area contributed by atoms with Crippen molar-refractivity contribution in [2.45, 2.75) is 10.1 Å². The van der Waals surface area contributed by atoms with E-state index in [-0.39, 0.29) is 6.42 Å². The number of alkyl halides is 2. The predicted octanol–water partition coefficient (Wildman–Crippen LogP) is 1.19. The number of aliphatic carboxylic acids is 1. The van der Waals surface area contributed by atoms with Gasteiger partial charge in [0.15, 0.2) is 3.68 Å². The van der Waals surface area contributed by atoms with E-state index in [2.05, 4.69) is 0 Å². The van der Waals surface area contributed by atoms with Crippen molar-refractivity contribution in [2.75, 3.05) is 0 Å². The summed E-state index contributed by atoms with van der Waals surface area (Å²) in [5, 5.41) is 8.14. The van der Waals surface area contributed by atoms with Gasteiger partial charge in [-0.15, -0.1) is 0 Å². The number of carboxylic acid groups (broad SMARTS) is 1. The van der Waals surface area contributed by atoms with Gasteiger partial charge in [-0.3, -0.25) is 4.79 Å². The smallest absolute Gasteiger partial charge is 0.310 e. The van der Waals surface area contributed by atoms with Crippen molar-refractivity contribution in [3.05, 3.63) is 0 Å². The van der Waals surface area contributed by atoms with Crippen LogP contribution >= 0.6 is 22.6 Å². The normalized spacial score (nSPS) is 44.0. The zero-order valence-electron chi connectivity index (χ0n) is 3.90. The van der Waals surface area contributed by atoms with Gasteiger partial charge in [-0.05, 0) is 22.6 Å². The van der Waals surface area contributed by atoms with E-state index in [4.69, 9.17) is 5.11 Å². The molecule has 2 nitrogen and oxygen atoms in total. The summed E-state index contributed by atoms with van der Waals surface area (Å²) in [5.74, 6) is -1.77. The van der Waals surface area contributed by atoms with Crippen LogP contribution in [0.3, 0.4) is 0 Å². The molecule has 0 amide bonds. The highest BCUT2D eigenvalue weighted by atomic mass is 127. The van der Waals surface area contributed by atoms with E-state index in [1.807, 2.05) is 0 Å². The molecule has 0 saturated heterocycles. The van der Waals surface area contributed by atoms with Crippen LogP contribution in [0.2, 0.25) is 0 Å². The first kappa shape index (κ1) is 6.25. The summed E-state index contributed by atoms with van der Waals surface area (Å²) in [5.41, 5.74) is 0. The molecule has 1 saturated carbocycles. The van der Waals surface area contributed by atoms with Crippen molar-refractivity contribution < 1.29 is 14.3 Å². The van der Waals surface area contributed by atoms with Gasteiger partial charge in [-0.2, -0.15) is 0 Å². The molecule has 0 aliphatic heterocycles. The van der Waals surface area contributed by atoms with Gasteiger partial charge < -0.3 is 5.11 Å². The Balaban J connectivity index is 2.48. The summed E-state index contributed by atoms with van der Waals surface area (Å²) < 4.78 is 10.9. The molecular formula is C4H4FIO2. The number of hydrogen-bond donors (Lipinski definition) is 1. The van der Waals surface area contributed by atoms with Gasteiger partial charge in [-0.25, -0.2) is 4.39 Å². The Morgan fingerprint density at radius 1 is 2.00 bits per heavy atom. The van der Waals surface area contributed by atoms with Gasteiger partial charge in [0.25, 0.3) is 0 Å². The average molecular weight is 230 g/mol. The first-order valence-electron chi connectivity index (χ1n) is 2.14. The molecule has 0 heterocycles. The molecule has 0 unspecified atom stereocenters. The van der Waals surface area contributed by atoms with E-state index in [1.54, 1.807) is 0 Å². The van der Waals surface area contributed by atoms with Crippen molar-refractivity contribution in [3.63, 3.8) is 0 Å². The predicted molar refractivity (Wildman–Crippen MR) is 33.6 cm³/mol. The third-order valence-electron chi connectivity index (χ3n) is 1.12. The first-order chi connectivity index (χ1) is 3.54. The maximum Gasteiger partial charge on any atom is 0.310 e. The van der Waals surface area contributed by atoms with Crippen molar-refractivity contribution in [1.29, 1.82) is 0 Å². The zero-order valence-corrected chi connectivity index (χ0v) is 6.05. The Morgan fingerprint density at radius 2 is 2.38 bits per heavy atom. The summed E-state index contributed by atoms with van der Waals surface area (Å²) in [6.45, 7) is 0. The van der Waals surface area contributed by atoms with Crippen molar-refractivity contribution in [3.8, 4) is 0 Å². The Kier molecular flexibility index (Phi) is 1.21. The fourth-order valence-corrected chi connectivity index (χ4v) is 1.19. The number of rotatable bonds is 1. The largest absolute Gasteiger partial charge is 0.481 e. The van der Waals surface area contributed by atoms with E-state index in [9.17, 15) is 9.18 Å². The molecular weight excluding hydrogens is 226 g/mol. The van der Waals surface area contributed by atoms with Crippen LogP contribution in [0.15, 0.2) is 0 Å². The number of halogens is 2. The highest BCUT2D eigenvalue weighted by Gasteiger charge is 2.58. The van der Waals surface area contributed by atoms with Gasteiger partial charge >= 0.3 is 5.97 Å². The highest BCUT2D eigenvalue weighted by Crippen LogP contribution is 2.52. The standard InChI is InChI=1S/C4H4FIO2/c5-4(6)1-2(4)3(7)8/h2H,1H2,(H,7,8)/t2-,4+/m0/s1. The summed E-state index contributed by atoms with van der Waals surface area (Å²) in [6, 6.07) is 0. The molecule has 0 aromatic heterocycles. The van der Waals surface area contributed by atoms with Gasteiger partial charge in [0.1, 0.15) is 5.92 Å². The molecule has 0 spiro atoms. The SMILES string of the molecule is O=C(O)[C@@H]1C[C@@]1(F)I. The van der Waals surface area contributed by atoms with Gasteiger partial charge in [0.2, 0.25) is 0 Å².